The Morgan fingerprint density at radius 1 is 0.889 bits per heavy atom. The van der Waals surface area contributed by atoms with Crippen LogP contribution in [0.5, 0.6) is 0 Å². The highest BCUT2D eigenvalue weighted by atomic mass is 30.3. The van der Waals surface area contributed by atoms with Gasteiger partial charge in [0.25, 0.3) is 0 Å². The standard InChI is InChI=1S/H18Si9/c1-7(2)8(3)9(4,5)6/h1-6H3. The van der Waals surface area contributed by atoms with Crippen molar-refractivity contribution in [3.05, 3.63) is 0 Å². The first-order chi connectivity index (χ1) is 3.85. The molecule has 0 spiro atoms. The van der Waals surface area contributed by atoms with E-state index in [1.54, 1.807) is 58.6 Å². The summed E-state index contributed by atoms with van der Waals surface area (Å²) in [6.07, 6.45) is -0.129. The molecule has 0 saturated heterocycles. The molecule has 0 nitrogen and oxygen atoms in total. The fourth-order valence-corrected chi connectivity index (χ4v) is 182. The van der Waals surface area contributed by atoms with E-state index >= 15 is 0 Å². The van der Waals surface area contributed by atoms with Crippen molar-refractivity contribution in [1.29, 1.82) is 0 Å². The first-order valence-corrected chi connectivity index (χ1v) is 31.5. The molecule has 0 unspecified atom stereocenters. The molecule has 0 amide bonds. The molecule has 0 bridgehead atoms. The molecule has 0 heterocycles. The van der Waals surface area contributed by atoms with Crippen LogP contribution in [0.2, 0.25) is 0 Å². The SMILES string of the molecule is [SiH3][Si]([SiH3])=[Si]([SiH3])[Si]([SiH3])([SiH3])[SiH3]. The van der Waals surface area contributed by atoms with Crippen molar-refractivity contribution in [2.45, 2.75) is 0 Å². The summed E-state index contributed by atoms with van der Waals surface area (Å²) in [5.41, 5.74) is 0. The van der Waals surface area contributed by atoms with Gasteiger partial charge in [-0.1, -0.05) is 13.9 Å². The smallest absolute Gasteiger partial charge is 0.00988 e. The Bertz CT molecular complexity index is 117. The maximum atomic E-state index is 1.72. The Morgan fingerprint density at radius 2 is 1.22 bits per heavy atom. The van der Waals surface area contributed by atoms with Crippen molar-refractivity contribution >= 4 is 78.6 Å². The van der Waals surface area contributed by atoms with Gasteiger partial charge in [-0.2, -0.15) is 0 Å². The van der Waals surface area contributed by atoms with Crippen molar-refractivity contribution in [1.82, 2.24) is 0 Å². The Kier molecular flexibility index (Phi) is 4.99. The Hall–Kier alpha value is 1.95. The second-order valence-electron chi connectivity index (χ2n) is 3.88. The predicted molar refractivity (Wildman–Crippen MR) is 76.9 cm³/mol. The van der Waals surface area contributed by atoms with Crippen LogP contribution in [0.3, 0.4) is 0 Å². The van der Waals surface area contributed by atoms with Gasteiger partial charge in [0.05, 0.1) is 0 Å². The van der Waals surface area contributed by atoms with Gasteiger partial charge >= 0.3 is 0 Å². The lowest BCUT2D eigenvalue weighted by atomic mass is 25.9. The minimum atomic E-state index is -0.129. The average Bonchev–Trinajstić information content (AvgIpc) is 1.62. The molecule has 0 aromatic heterocycles. The molecule has 9 heavy (non-hydrogen) atoms. The quantitative estimate of drug-likeness (QED) is 0.416. The fourth-order valence-electron chi connectivity index (χ4n) is 0.750. The van der Waals surface area contributed by atoms with Gasteiger partial charge < -0.3 is 0 Å². The van der Waals surface area contributed by atoms with Crippen LogP contribution < -0.4 is 0 Å². The van der Waals surface area contributed by atoms with E-state index in [0.29, 0.717) is 13.9 Å². The molecule has 0 N–H and O–H groups in total. The number of rotatable bonds is 1. The van der Waals surface area contributed by atoms with Gasteiger partial charge in [-0.15, -0.1) is 0 Å². The van der Waals surface area contributed by atoms with Crippen LogP contribution in [0.15, 0.2) is 0 Å². The van der Waals surface area contributed by atoms with Crippen LogP contribution in [-0.4, -0.2) is 78.6 Å². The van der Waals surface area contributed by atoms with Crippen molar-refractivity contribution in [3.8, 4) is 0 Å². The van der Waals surface area contributed by atoms with E-state index < -0.39 is 0 Å². The van der Waals surface area contributed by atoms with Gasteiger partial charge in [-0.25, -0.2) is 0 Å². The lowest BCUT2D eigenvalue weighted by Gasteiger charge is -2.17. The van der Waals surface area contributed by atoms with Gasteiger partial charge in [0.1, 0.15) is 0 Å². The normalized spacial score (nSPS) is 18.7. The molecule has 0 fully saturated rings. The summed E-state index contributed by atoms with van der Waals surface area (Å²) in [4.78, 5) is 0. The summed E-state index contributed by atoms with van der Waals surface area (Å²) >= 11 is 0. The molecular formula is H18Si9. The van der Waals surface area contributed by atoms with Gasteiger partial charge in [0, 0.05) is 35.4 Å². The lowest BCUT2D eigenvalue weighted by Crippen LogP contribution is -2.54. The summed E-state index contributed by atoms with van der Waals surface area (Å²) in [6.45, 7) is 1.10. The third-order valence-corrected chi connectivity index (χ3v) is 152. The van der Waals surface area contributed by atoms with E-state index in [2.05, 4.69) is 0 Å². The van der Waals surface area contributed by atoms with Crippen LogP contribution in [0.25, 0.3) is 0 Å². The summed E-state index contributed by atoms with van der Waals surface area (Å²) in [7, 11) is 10.2. The largest absolute Gasteiger partial charge is 0.0570 e. The third-order valence-electron chi connectivity index (χ3n) is 1.88. The summed E-state index contributed by atoms with van der Waals surface area (Å²) in [5.74, 6) is 0. The minimum Gasteiger partial charge on any atom is -0.0570 e. The predicted octanol–water partition coefficient (Wildman–Crippen LogP) is -8.25. The molecule has 0 aromatic carbocycles. The van der Waals surface area contributed by atoms with E-state index in [-0.39, 0.29) is 6.14 Å². The zero-order valence-electron chi connectivity index (χ0n) is 7.50. The van der Waals surface area contributed by atoms with E-state index in [1.165, 1.54) is 0 Å². The van der Waals surface area contributed by atoms with Crippen molar-refractivity contribution in [2.24, 2.45) is 0 Å². The van der Waals surface area contributed by atoms with E-state index in [4.69, 9.17) is 0 Å². The molecule has 0 aliphatic carbocycles. The maximum absolute atomic E-state index is 1.72. The second-order valence-corrected chi connectivity index (χ2v) is 105. The van der Waals surface area contributed by atoms with E-state index in [9.17, 15) is 0 Å². The van der Waals surface area contributed by atoms with Crippen LogP contribution in [-0.2, 0) is 0 Å². The molecule has 0 rings (SSSR count). The molecule has 0 radical (unpaired) electrons. The first kappa shape index (κ1) is 11.0. The number of hydrogen-bond acceptors (Lipinski definition) is 0. The highest BCUT2D eigenvalue weighted by molar-refractivity contribution is 7.92. The second kappa shape index (κ2) is 4.10. The summed E-state index contributed by atoms with van der Waals surface area (Å²) in [6, 6.07) is 0. The third kappa shape index (κ3) is 4.41. The zero-order chi connectivity index (χ0) is 7.65. The molecule has 0 saturated carbocycles. The maximum Gasteiger partial charge on any atom is 0.00988 e. The van der Waals surface area contributed by atoms with E-state index in [1.807, 2.05) is 0 Å². The van der Waals surface area contributed by atoms with Crippen molar-refractivity contribution in [3.63, 3.8) is 0 Å². The highest BCUT2D eigenvalue weighted by Gasteiger charge is 2.15. The molecular weight excluding hydrogens is 253 g/mol. The van der Waals surface area contributed by atoms with Crippen LogP contribution in [0.1, 0.15) is 0 Å². The Morgan fingerprint density at radius 3 is 1.22 bits per heavy atom. The first-order valence-electron chi connectivity index (χ1n) is 3.50. The van der Waals surface area contributed by atoms with Crippen molar-refractivity contribution in [2.75, 3.05) is 0 Å². The van der Waals surface area contributed by atoms with E-state index in [0.717, 1.165) is 0 Å². The Labute approximate surface area is 78.2 Å². The lowest BCUT2D eigenvalue weighted by molar-refractivity contribution is 3.59. The molecule has 0 aromatic rings. The Balaban J connectivity index is 4.40. The average molecular weight is 271 g/mol. The number of hydrogen-bond donors (Lipinski definition) is 0. The van der Waals surface area contributed by atoms with Crippen LogP contribution >= 0.6 is 0 Å². The van der Waals surface area contributed by atoms with Gasteiger partial charge in [-0.05, 0) is 29.3 Å². The minimum absolute atomic E-state index is 0.129. The van der Waals surface area contributed by atoms with Gasteiger partial charge in [0.15, 0.2) is 0 Å². The molecule has 9 heteroatoms. The molecule has 0 aliphatic heterocycles. The zero-order valence-corrected chi connectivity index (χ0v) is 22.5. The summed E-state index contributed by atoms with van der Waals surface area (Å²) < 4.78 is 0. The molecule has 54 valence electrons. The van der Waals surface area contributed by atoms with Crippen molar-refractivity contribution < 1.29 is 0 Å². The van der Waals surface area contributed by atoms with Gasteiger partial charge in [0.2, 0.25) is 0 Å². The summed E-state index contributed by atoms with van der Waals surface area (Å²) in [5, 5.41) is 0. The van der Waals surface area contributed by atoms with Gasteiger partial charge in [-0.3, -0.25) is 0 Å². The molecule has 0 aliphatic rings. The van der Waals surface area contributed by atoms with Crippen LogP contribution in [0.4, 0.5) is 0 Å². The molecule has 0 atom stereocenters. The highest BCUT2D eigenvalue weighted by Crippen LogP contribution is 1.78. The topological polar surface area (TPSA) is 0 Å². The monoisotopic (exact) mass is 270 g/mol. The van der Waals surface area contributed by atoms with Crippen LogP contribution in [0, 0.1) is 0 Å². The fraction of sp³-hybridized carbons (Fsp3) is 0.